The highest BCUT2D eigenvalue weighted by Gasteiger charge is 2.13. The molecule has 0 unspecified atom stereocenters. The monoisotopic (exact) mass is 274 g/mol. The molecule has 1 atom stereocenters. The topological polar surface area (TPSA) is 72.0 Å². The summed E-state index contributed by atoms with van der Waals surface area (Å²) in [5.74, 6) is -0.173. The number of aromatic nitrogens is 2. The van der Waals surface area contributed by atoms with Gasteiger partial charge in [-0.25, -0.2) is 9.78 Å². The van der Waals surface area contributed by atoms with Gasteiger partial charge in [0.2, 0.25) is 0 Å². The summed E-state index contributed by atoms with van der Waals surface area (Å²) in [6.07, 6.45) is 1.23. The molecule has 6 heteroatoms. The number of rotatable bonds is 3. The molecule has 0 aliphatic heterocycles. The number of carbonyl (C=O) groups is 1. The molecule has 0 aliphatic carbocycles. The fraction of sp³-hybridized carbons (Fsp3) is 0.444. The number of carbonyl (C=O) groups excluding carboxylic acids is 1. The Bertz CT molecular complexity index is 414. The fourth-order valence-corrected chi connectivity index (χ4v) is 1.20. The summed E-state index contributed by atoms with van der Waals surface area (Å²) < 4.78 is 4.70. The van der Waals surface area contributed by atoms with Crippen molar-refractivity contribution in [2.75, 3.05) is 6.61 Å². The van der Waals surface area contributed by atoms with E-state index in [1.54, 1.807) is 6.92 Å². The largest absolute Gasteiger partial charge is 0.462 e. The molecule has 1 aromatic rings. The number of nitrogens with zero attached hydrogens (tertiary/aromatic N) is 1. The van der Waals surface area contributed by atoms with Crippen LogP contribution in [0.2, 0.25) is 0 Å². The Hall–Kier alpha value is -1.17. The van der Waals surface area contributed by atoms with E-state index in [0.717, 1.165) is 0 Å². The first-order valence-electron chi connectivity index (χ1n) is 4.46. The SMILES string of the molecule is CCOC(=O)c1cnc([C@H](C)Br)[nH]c1=O. The van der Waals surface area contributed by atoms with E-state index >= 15 is 0 Å². The van der Waals surface area contributed by atoms with Gasteiger partial charge in [0.05, 0.1) is 11.4 Å². The molecule has 1 heterocycles. The van der Waals surface area contributed by atoms with Crippen molar-refractivity contribution in [3.05, 3.63) is 27.9 Å². The Morgan fingerprint density at radius 1 is 1.73 bits per heavy atom. The van der Waals surface area contributed by atoms with Crippen molar-refractivity contribution >= 4 is 21.9 Å². The van der Waals surface area contributed by atoms with Crippen LogP contribution in [0.5, 0.6) is 0 Å². The molecule has 0 saturated heterocycles. The first-order valence-corrected chi connectivity index (χ1v) is 5.38. The molecule has 0 spiro atoms. The van der Waals surface area contributed by atoms with Crippen LogP contribution in [0.1, 0.15) is 34.9 Å². The standard InChI is InChI=1S/C9H11BrN2O3/c1-3-15-9(14)6-4-11-7(5(2)10)12-8(6)13/h4-5H,3H2,1-2H3,(H,11,12,13)/t5-/m0/s1. The predicted molar refractivity (Wildman–Crippen MR) is 58.2 cm³/mol. The maximum Gasteiger partial charge on any atom is 0.345 e. The third-order valence-electron chi connectivity index (χ3n) is 1.69. The minimum Gasteiger partial charge on any atom is -0.462 e. The zero-order valence-corrected chi connectivity index (χ0v) is 10.00. The van der Waals surface area contributed by atoms with Gasteiger partial charge in [0.25, 0.3) is 5.56 Å². The number of ether oxygens (including phenoxy) is 1. The highest BCUT2D eigenvalue weighted by Crippen LogP contribution is 2.15. The Labute approximate surface area is 95.0 Å². The quantitative estimate of drug-likeness (QED) is 0.668. The van der Waals surface area contributed by atoms with E-state index in [0.29, 0.717) is 5.82 Å². The van der Waals surface area contributed by atoms with Crippen LogP contribution >= 0.6 is 15.9 Å². The average Bonchev–Trinajstić information content (AvgIpc) is 2.17. The molecule has 1 N–H and O–H groups in total. The van der Waals surface area contributed by atoms with Crippen LogP contribution < -0.4 is 5.56 Å². The molecule has 1 aromatic heterocycles. The van der Waals surface area contributed by atoms with E-state index in [9.17, 15) is 9.59 Å². The van der Waals surface area contributed by atoms with E-state index in [4.69, 9.17) is 4.74 Å². The Kier molecular flexibility index (Phi) is 4.02. The van der Waals surface area contributed by atoms with Gasteiger partial charge in [-0.05, 0) is 13.8 Å². The van der Waals surface area contributed by atoms with Gasteiger partial charge in [0, 0.05) is 6.20 Å². The number of alkyl halides is 1. The summed E-state index contributed by atoms with van der Waals surface area (Å²) in [5, 5.41) is 0. The molecule has 0 aliphatic rings. The van der Waals surface area contributed by atoms with Gasteiger partial charge in [-0.1, -0.05) is 15.9 Å². The molecule has 15 heavy (non-hydrogen) atoms. The molecule has 0 bridgehead atoms. The Morgan fingerprint density at radius 2 is 2.40 bits per heavy atom. The lowest BCUT2D eigenvalue weighted by Gasteiger charge is -2.03. The van der Waals surface area contributed by atoms with Crippen LogP contribution in [0, 0.1) is 0 Å². The molecule has 0 saturated carbocycles. The third kappa shape index (κ3) is 2.89. The van der Waals surface area contributed by atoms with Crippen LogP contribution in [0.4, 0.5) is 0 Å². The van der Waals surface area contributed by atoms with Crippen molar-refractivity contribution < 1.29 is 9.53 Å². The van der Waals surface area contributed by atoms with Gasteiger partial charge in [0.15, 0.2) is 0 Å². The van der Waals surface area contributed by atoms with Crippen LogP contribution in [-0.4, -0.2) is 22.5 Å². The zero-order valence-electron chi connectivity index (χ0n) is 8.41. The van der Waals surface area contributed by atoms with Crippen LogP contribution in [-0.2, 0) is 4.74 Å². The van der Waals surface area contributed by atoms with Gasteiger partial charge in [-0.3, -0.25) is 4.79 Å². The first-order chi connectivity index (χ1) is 7.06. The summed E-state index contributed by atoms with van der Waals surface area (Å²) in [4.78, 5) is 29.1. The normalized spacial score (nSPS) is 12.2. The van der Waals surface area contributed by atoms with Crippen molar-refractivity contribution in [3.63, 3.8) is 0 Å². The molecule has 1 rings (SSSR count). The number of nitrogens with one attached hydrogen (secondary N) is 1. The van der Waals surface area contributed by atoms with E-state index in [2.05, 4.69) is 25.9 Å². The summed E-state index contributed by atoms with van der Waals surface area (Å²) in [5.41, 5.74) is -0.557. The van der Waals surface area contributed by atoms with Crippen molar-refractivity contribution in [3.8, 4) is 0 Å². The van der Waals surface area contributed by atoms with Crippen molar-refractivity contribution in [2.24, 2.45) is 0 Å². The third-order valence-corrected chi connectivity index (χ3v) is 2.12. The number of esters is 1. The molecule has 82 valence electrons. The van der Waals surface area contributed by atoms with E-state index in [1.807, 2.05) is 6.92 Å². The first kappa shape index (κ1) is 11.9. The Balaban J connectivity index is 3.03. The second-order valence-corrected chi connectivity index (χ2v) is 4.22. The van der Waals surface area contributed by atoms with E-state index in [1.165, 1.54) is 6.20 Å². The average molecular weight is 275 g/mol. The van der Waals surface area contributed by atoms with Crippen molar-refractivity contribution in [2.45, 2.75) is 18.7 Å². The molecular weight excluding hydrogens is 264 g/mol. The van der Waals surface area contributed by atoms with Gasteiger partial charge in [0.1, 0.15) is 11.4 Å². The molecule has 0 radical (unpaired) electrons. The maximum absolute atomic E-state index is 11.4. The number of aromatic amines is 1. The minimum absolute atomic E-state index is 0.0681. The second-order valence-electron chi connectivity index (χ2n) is 2.85. The maximum atomic E-state index is 11.4. The van der Waals surface area contributed by atoms with Gasteiger partial charge in [-0.2, -0.15) is 0 Å². The number of hydrogen-bond donors (Lipinski definition) is 1. The molecule has 0 fully saturated rings. The second kappa shape index (κ2) is 5.06. The van der Waals surface area contributed by atoms with Crippen molar-refractivity contribution in [1.82, 2.24) is 9.97 Å². The zero-order chi connectivity index (χ0) is 11.4. The summed E-state index contributed by atoms with van der Waals surface area (Å²) in [6.45, 7) is 3.73. The van der Waals surface area contributed by atoms with Crippen molar-refractivity contribution in [1.29, 1.82) is 0 Å². The molecule has 5 nitrogen and oxygen atoms in total. The summed E-state index contributed by atoms with van der Waals surface area (Å²) >= 11 is 3.26. The van der Waals surface area contributed by atoms with Crippen LogP contribution in [0.15, 0.2) is 11.0 Å². The van der Waals surface area contributed by atoms with Gasteiger partial charge >= 0.3 is 5.97 Å². The highest BCUT2D eigenvalue weighted by molar-refractivity contribution is 9.09. The predicted octanol–water partition coefficient (Wildman–Crippen LogP) is 1.40. The highest BCUT2D eigenvalue weighted by atomic mass is 79.9. The smallest absolute Gasteiger partial charge is 0.345 e. The summed E-state index contributed by atoms with van der Waals surface area (Å²) in [7, 11) is 0. The number of hydrogen-bond acceptors (Lipinski definition) is 4. The number of halogens is 1. The summed E-state index contributed by atoms with van der Waals surface area (Å²) in [6, 6.07) is 0. The van der Waals surface area contributed by atoms with Gasteiger partial charge < -0.3 is 9.72 Å². The van der Waals surface area contributed by atoms with E-state index in [-0.39, 0.29) is 17.0 Å². The Morgan fingerprint density at radius 3 is 2.87 bits per heavy atom. The van der Waals surface area contributed by atoms with Crippen LogP contribution in [0.3, 0.4) is 0 Å². The molecule has 0 amide bonds. The number of H-pyrrole nitrogens is 1. The molecule has 0 aromatic carbocycles. The lowest BCUT2D eigenvalue weighted by Crippen LogP contribution is -2.22. The lowest BCUT2D eigenvalue weighted by molar-refractivity contribution is 0.0523. The van der Waals surface area contributed by atoms with Gasteiger partial charge in [-0.15, -0.1) is 0 Å². The molecular formula is C9H11BrN2O3. The van der Waals surface area contributed by atoms with E-state index < -0.39 is 11.5 Å². The van der Waals surface area contributed by atoms with Crippen LogP contribution in [0.25, 0.3) is 0 Å². The fourth-order valence-electron chi connectivity index (χ4n) is 0.965. The lowest BCUT2D eigenvalue weighted by atomic mass is 10.3. The minimum atomic E-state index is -0.653.